The predicted octanol–water partition coefficient (Wildman–Crippen LogP) is 1.44. The molecule has 0 fully saturated rings. The smallest absolute Gasteiger partial charge is 0.332 e. The molecule has 4 heteroatoms. The highest BCUT2D eigenvalue weighted by molar-refractivity contribution is 5.99. The molecule has 0 aromatic carbocycles. The second kappa shape index (κ2) is 3.29. The number of aliphatic carboxylic acids is 2. The van der Waals surface area contributed by atoms with Gasteiger partial charge in [-0.15, -0.1) is 0 Å². The number of carboxylic acid groups (broad SMARTS) is 2. The molecule has 0 amide bonds. The minimum absolute atomic E-state index is 0.194. The molecule has 0 atom stereocenters. The molecule has 76 valence electrons. The van der Waals surface area contributed by atoms with Crippen LogP contribution in [0.15, 0.2) is 22.3 Å². The molecular weight excluding hydrogens is 184 g/mol. The van der Waals surface area contributed by atoms with E-state index in [9.17, 15) is 9.59 Å². The third-order valence-corrected chi connectivity index (χ3v) is 2.70. The second-order valence-corrected chi connectivity index (χ2v) is 3.41. The van der Waals surface area contributed by atoms with Crippen LogP contribution in [0.2, 0.25) is 0 Å². The zero-order valence-electron chi connectivity index (χ0n) is 8.29. The van der Waals surface area contributed by atoms with E-state index in [0.29, 0.717) is 11.1 Å². The Morgan fingerprint density at radius 3 is 1.43 bits per heavy atom. The van der Waals surface area contributed by atoms with Crippen molar-refractivity contribution in [2.24, 2.45) is 5.92 Å². The molecule has 0 heterocycles. The van der Waals surface area contributed by atoms with E-state index < -0.39 is 17.9 Å². The first-order valence-corrected chi connectivity index (χ1v) is 4.26. The second-order valence-electron chi connectivity index (χ2n) is 3.41. The molecule has 0 aromatic rings. The average molecular weight is 196 g/mol. The van der Waals surface area contributed by atoms with Crippen LogP contribution in [0.5, 0.6) is 0 Å². The van der Waals surface area contributed by atoms with Gasteiger partial charge in [-0.2, -0.15) is 0 Å². The van der Waals surface area contributed by atoms with Gasteiger partial charge in [-0.25, -0.2) is 9.59 Å². The summed E-state index contributed by atoms with van der Waals surface area (Å²) in [6.45, 7) is 4.89. The lowest BCUT2D eigenvalue weighted by atomic mass is 9.97. The Kier molecular flexibility index (Phi) is 2.47. The van der Waals surface area contributed by atoms with Crippen LogP contribution in [-0.2, 0) is 9.59 Å². The van der Waals surface area contributed by atoms with Crippen molar-refractivity contribution in [2.75, 3.05) is 0 Å². The Bertz CT molecular complexity index is 338. The third kappa shape index (κ3) is 1.32. The molecule has 0 unspecified atom stereocenters. The van der Waals surface area contributed by atoms with Crippen LogP contribution in [-0.4, -0.2) is 22.2 Å². The summed E-state index contributed by atoms with van der Waals surface area (Å²) in [5.41, 5.74) is 1.53. The average Bonchev–Trinajstić information content (AvgIpc) is 2.23. The quantitative estimate of drug-likeness (QED) is 0.700. The lowest BCUT2D eigenvalue weighted by molar-refractivity contribution is -0.133. The first-order valence-electron chi connectivity index (χ1n) is 4.26. The molecule has 0 saturated carbocycles. The maximum Gasteiger partial charge on any atom is 0.332 e. The molecule has 1 aliphatic carbocycles. The fourth-order valence-electron chi connectivity index (χ4n) is 1.89. The van der Waals surface area contributed by atoms with Gasteiger partial charge in [-0.3, -0.25) is 0 Å². The van der Waals surface area contributed by atoms with Gasteiger partial charge in [0.1, 0.15) is 0 Å². The number of hydrogen-bond acceptors (Lipinski definition) is 2. The van der Waals surface area contributed by atoms with Gasteiger partial charge in [-0.1, -0.05) is 6.92 Å². The van der Waals surface area contributed by atoms with Crippen molar-refractivity contribution >= 4 is 11.9 Å². The van der Waals surface area contributed by atoms with Gasteiger partial charge in [-0.05, 0) is 25.0 Å². The molecule has 0 aliphatic heterocycles. The van der Waals surface area contributed by atoms with Gasteiger partial charge in [0.05, 0.1) is 0 Å². The van der Waals surface area contributed by atoms with Crippen molar-refractivity contribution in [3.8, 4) is 0 Å². The molecule has 0 saturated heterocycles. The summed E-state index contributed by atoms with van der Waals surface area (Å²) in [6, 6.07) is 0. The number of allylic oxidation sites excluding steroid dienone is 2. The molecule has 14 heavy (non-hydrogen) atoms. The van der Waals surface area contributed by atoms with Crippen LogP contribution in [0.25, 0.3) is 0 Å². The largest absolute Gasteiger partial charge is 0.478 e. The summed E-state index contributed by atoms with van der Waals surface area (Å²) in [5, 5.41) is 17.8. The minimum atomic E-state index is -1.04. The molecule has 1 rings (SSSR count). The normalized spacial score (nSPS) is 17.9. The highest BCUT2D eigenvalue weighted by Gasteiger charge is 2.34. The molecule has 0 radical (unpaired) electrons. The van der Waals surface area contributed by atoms with Gasteiger partial charge in [0.15, 0.2) is 0 Å². The molecule has 2 N–H and O–H groups in total. The number of hydrogen-bond donors (Lipinski definition) is 2. The van der Waals surface area contributed by atoms with Crippen molar-refractivity contribution in [3.05, 3.63) is 22.3 Å². The van der Waals surface area contributed by atoms with Crippen molar-refractivity contribution < 1.29 is 19.8 Å². The predicted molar refractivity (Wildman–Crippen MR) is 49.8 cm³/mol. The summed E-state index contributed by atoms with van der Waals surface area (Å²) in [4.78, 5) is 21.7. The first kappa shape index (κ1) is 10.5. The van der Waals surface area contributed by atoms with Gasteiger partial charge in [0, 0.05) is 17.1 Å². The van der Waals surface area contributed by atoms with Crippen LogP contribution in [0.1, 0.15) is 20.8 Å². The Hall–Kier alpha value is -1.58. The van der Waals surface area contributed by atoms with Gasteiger partial charge in [0.25, 0.3) is 0 Å². The molecule has 0 bridgehead atoms. The minimum Gasteiger partial charge on any atom is -0.478 e. The van der Waals surface area contributed by atoms with Gasteiger partial charge < -0.3 is 10.2 Å². The Morgan fingerprint density at radius 1 is 1.00 bits per heavy atom. The van der Waals surface area contributed by atoms with Crippen molar-refractivity contribution in [3.63, 3.8) is 0 Å². The third-order valence-electron chi connectivity index (χ3n) is 2.70. The van der Waals surface area contributed by atoms with E-state index in [1.807, 2.05) is 0 Å². The zero-order valence-corrected chi connectivity index (χ0v) is 8.29. The number of rotatable bonds is 2. The van der Waals surface area contributed by atoms with Crippen LogP contribution in [0, 0.1) is 5.92 Å². The van der Waals surface area contributed by atoms with E-state index in [1.54, 1.807) is 20.8 Å². The van der Waals surface area contributed by atoms with Crippen LogP contribution < -0.4 is 0 Å². The molecule has 1 aliphatic rings. The standard InChI is InChI=1S/C10H12O4/c1-4-5(2)8(10(13)14)6(3)7(4)9(11)12/h6H,1-3H3,(H,11,12)(H,13,14). The summed E-state index contributed by atoms with van der Waals surface area (Å²) in [5.74, 6) is -2.60. The van der Waals surface area contributed by atoms with Crippen molar-refractivity contribution in [2.45, 2.75) is 20.8 Å². The van der Waals surface area contributed by atoms with E-state index in [0.717, 1.165) is 0 Å². The van der Waals surface area contributed by atoms with Gasteiger partial charge in [0.2, 0.25) is 0 Å². The lowest BCUT2D eigenvalue weighted by Crippen LogP contribution is -2.14. The SMILES string of the molecule is CC1=C(C(=O)O)C(C)C(C(=O)O)=C1C. The van der Waals surface area contributed by atoms with Crippen LogP contribution in [0.4, 0.5) is 0 Å². The maximum atomic E-state index is 10.9. The maximum absolute atomic E-state index is 10.9. The zero-order chi connectivity index (χ0) is 11.0. The number of carboxylic acids is 2. The topological polar surface area (TPSA) is 74.6 Å². The highest BCUT2D eigenvalue weighted by Crippen LogP contribution is 2.36. The summed E-state index contributed by atoms with van der Waals surface area (Å²) in [7, 11) is 0. The summed E-state index contributed by atoms with van der Waals surface area (Å²) >= 11 is 0. The Morgan fingerprint density at radius 2 is 1.29 bits per heavy atom. The van der Waals surface area contributed by atoms with E-state index >= 15 is 0 Å². The van der Waals surface area contributed by atoms with E-state index in [4.69, 9.17) is 10.2 Å². The first-order chi connectivity index (χ1) is 6.37. The monoisotopic (exact) mass is 196 g/mol. The lowest BCUT2D eigenvalue weighted by Gasteiger charge is -2.07. The van der Waals surface area contributed by atoms with E-state index in [-0.39, 0.29) is 11.1 Å². The van der Waals surface area contributed by atoms with Crippen molar-refractivity contribution in [1.29, 1.82) is 0 Å². The van der Waals surface area contributed by atoms with E-state index in [1.165, 1.54) is 0 Å². The Labute approximate surface area is 81.6 Å². The fourth-order valence-corrected chi connectivity index (χ4v) is 1.89. The van der Waals surface area contributed by atoms with Crippen LogP contribution >= 0.6 is 0 Å². The Balaban J connectivity index is 3.26. The summed E-state index contributed by atoms with van der Waals surface area (Å²) in [6.07, 6.45) is 0. The summed E-state index contributed by atoms with van der Waals surface area (Å²) < 4.78 is 0. The molecule has 0 aromatic heterocycles. The fraction of sp³-hybridized carbons (Fsp3) is 0.400. The van der Waals surface area contributed by atoms with Gasteiger partial charge >= 0.3 is 11.9 Å². The highest BCUT2D eigenvalue weighted by atomic mass is 16.4. The molecule has 0 spiro atoms. The molecular formula is C10H12O4. The van der Waals surface area contributed by atoms with Crippen LogP contribution in [0.3, 0.4) is 0 Å². The van der Waals surface area contributed by atoms with E-state index in [2.05, 4.69) is 0 Å². The molecule has 4 nitrogen and oxygen atoms in total. The van der Waals surface area contributed by atoms with Crippen molar-refractivity contribution in [1.82, 2.24) is 0 Å². The number of carbonyl (C=O) groups is 2.